The standard InChI is InChI=1S/C16H20N2O2/c19-16(18-9-3-1-2-4-10-18)12-20-14-5-6-15-13(11-14)7-8-17-15/h5-8,11,17H,1-4,9-10,12H2. The molecule has 0 bridgehead atoms. The lowest BCUT2D eigenvalue weighted by atomic mass is 10.2. The summed E-state index contributed by atoms with van der Waals surface area (Å²) in [4.78, 5) is 17.2. The number of aromatic nitrogens is 1. The first kappa shape index (κ1) is 13.0. The Morgan fingerprint density at radius 3 is 2.75 bits per heavy atom. The molecule has 0 atom stereocenters. The summed E-state index contributed by atoms with van der Waals surface area (Å²) in [5, 5.41) is 1.10. The Bertz CT molecular complexity index is 583. The van der Waals surface area contributed by atoms with E-state index < -0.39 is 0 Å². The maximum absolute atomic E-state index is 12.1. The minimum absolute atomic E-state index is 0.0982. The molecule has 4 heteroatoms. The number of hydrogen-bond donors (Lipinski definition) is 1. The molecule has 0 saturated carbocycles. The van der Waals surface area contributed by atoms with Crippen LogP contribution in [0.1, 0.15) is 25.7 Å². The first-order valence-electron chi connectivity index (χ1n) is 7.31. The molecule has 1 aromatic heterocycles. The number of fused-ring (bicyclic) bond motifs is 1. The number of hydrogen-bond acceptors (Lipinski definition) is 2. The zero-order valence-corrected chi connectivity index (χ0v) is 11.6. The number of benzene rings is 1. The lowest BCUT2D eigenvalue weighted by Crippen LogP contribution is -2.35. The molecule has 1 aliphatic rings. The summed E-state index contributed by atoms with van der Waals surface area (Å²) < 4.78 is 5.63. The van der Waals surface area contributed by atoms with E-state index in [0.29, 0.717) is 0 Å². The predicted molar refractivity (Wildman–Crippen MR) is 78.8 cm³/mol. The van der Waals surface area contributed by atoms with Gasteiger partial charge in [0.15, 0.2) is 6.61 Å². The van der Waals surface area contributed by atoms with E-state index in [1.807, 2.05) is 35.4 Å². The van der Waals surface area contributed by atoms with Crippen LogP contribution < -0.4 is 4.74 Å². The molecule has 0 radical (unpaired) electrons. The molecule has 0 spiro atoms. The molecule has 1 amide bonds. The highest BCUT2D eigenvalue weighted by molar-refractivity contribution is 5.81. The SMILES string of the molecule is O=C(COc1ccc2[nH]ccc2c1)N1CCCCCC1. The first-order chi connectivity index (χ1) is 9.83. The summed E-state index contributed by atoms with van der Waals surface area (Å²) in [6, 6.07) is 7.83. The quantitative estimate of drug-likeness (QED) is 0.933. The van der Waals surface area contributed by atoms with Gasteiger partial charge in [-0.3, -0.25) is 4.79 Å². The van der Waals surface area contributed by atoms with Crippen molar-refractivity contribution in [2.75, 3.05) is 19.7 Å². The molecule has 1 saturated heterocycles. The Morgan fingerprint density at radius 2 is 1.95 bits per heavy atom. The van der Waals surface area contributed by atoms with Gasteiger partial charge >= 0.3 is 0 Å². The fourth-order valence-corrected chi connectivity index (χ4v) is 2.68. The van der Waals surface area contributed by atoms with Crippen molar-refractivity contribution in [3.63, 3.8) is 0 Å². The molecule has 1 N–H and O–H groups in total. The zero-order valence-electron chi connectivity index (χ0n) is 11.6. The summed E-state index contributed by atoms with van der Waals surface area (Å²) in [5.74, 6) is 0.848. The fraction of sp³-hybridized carbons (Fsp3) is 0.438. The summed E-state index contributed by atoms with van der Waals surface area (Å²) in [5.41, 5.74) is 1.08. The lowest BCUT2D eigenvalue weighted by Gasteiger charge is -2.20. The number of rotatable bonds is 3. The Morgan fingerprint density at radius 1 is 1.15 bits per heavy atom. The van der Waals surface area contributed by atoms with E-state index in [1.54, 1.807) is 0 Å². The van der Waals surface area contributed by atoms with E-state index in [-0.39, 0.29) is 12.5 Å². The molecule has 2 aromatic rings. The molecule has 4 nitrogen and oxygen atoms in total. The highest BCUT2D eigenvalue weighted by Gasteiger charge is 2.15. The number of amides is 1. The van der Waals surface area contributed by atoms with Crippen molar-refractivity contribution in [3.05, 3.63) is 30.5 Å². The van der Waals surface area contributed by atoms with Gasteiger partial charge in [-0.2, -0.15) is 0 Å². The van der Waals surface area contributed by atoms with Crippen molar-refractivity contribution in [1.29, 1.82) is 0 Å². The van der Waals surface area contributed by atoms with Crippen LogP contribution >= 0.6 is 0 Å². The molecule has 3 rings (SSSR count). The van der Waals surface area contributed by atoms with Crippen LogP contribution in [-0.4, -0.2) is 35.5 Å². The molecule has 20 heavy (non-hydrogen) atoms. The van der Waals surface area contributed by atoms with Crippen LogP contribution in [-0.2, 0) is 4.79 Å². The molecule has 1 aliphatic heterocycles. The first-order valence-corrected chi connectivity index (χ1v) is 7.31. The van der Waals surface area contributed by atoms with Gasteiger partial charge in [-0.25, -0.2) is 0 Å². The third-order valence-corrected chi connectivity index (χ3v) is 3.85. The minimum Gasteiger partial charge on any atom is -0.484 e. The van der Waals surface area contributed by atoms with Gasteiger partial charge in [0.05, 0.1) is 0 Å². The maximum Gasteiger partial charge on any atom is 0.260 e. The van der Waals surface area contributed by atoms with E-state index in [9.17, 15) is 4.79 Å². The van der Waals surface area contributed by atoms with Crippen LogP contribution in [0.3, 0.4) is 0 Å². The van der Waals surface area contributed by atoms with Crippen LogP contribution in [0.15, 0.2) is 30.5 Å². The van der Waals surface area contributed by atoms with Crippen LogP contribution in [0.4, 0.5) is 0 Å². The monoisotopic (exact) mass is 272 g/mol. The fourth-order valence-electron chi connectivity index (χ4n) is 2.68. The lowest BCUT2D eigenvalue weighted by molar-refractivity contribution is -0.133. The number of likely N-dealkylation sites (tertiary alicyclic amines) is 1. The molecule has 0 unspecified atom stereocenters. The highest BCUT2D eigenvalue weighted by Crippen LogP contribution is 2.19. The molecular formula is C16H20N2O2. The number of carbonyl (C=O) groups excluding carboxylic acids is 1. The number of H-pyrrole nitrogens is 1. The number of nitrogens with one attached hydrogen (secondary N) is 1. The van der Waals surface area contributed by atoms with Crippen molar-refractivity contribution in [2.24, 2.45) is 0 Å². The van der Waals surface area contributed by atoms with Gasteiger partial charge in [-0.05, 0) is 37.1 Å². The average molecular weight is 272 g/mol. The molecule has 1 fully saturated rings. The van der Waals surface area contributed by atoms with Gasteiger partial charge in [0.25, 0.3) is 5.91 Å². The van der Waals surface area contributed by atoms with Crippen LogP contribution in [0.5, 0.6) is 5.75 Å². The Balaban J connectivity index is 1.58. The van der Waals surface area contributed by atoms with E-state index in [0.717, 1.165) is 42.6 Å². The van der Waals surface area contributed by atoms with Crippen LogP contribution in [0.25, 0.3) is 10.9 Å². The molecule has 106 valence electrons. The van der Waals surface area contributed by atoms with Gasteiger partial charge in [0.1, 0.15) is 5.75 Å². The molecule has 0 aliphatic carbocycles. The van der Waals surface area contributed by atoms with Crippen molar-refractivity contribution < 1.29 is 9.53 Å². The summed E-state index contributed by atoms with van der Waals surface area (Å²) in [6.07, 6.45) is 6.59. The largest absolute Gasteiger partial charge is 0.484 e. The van der Waals surface area contributed by atoms with Crippen LogP contribution in [0, 0.1) is 0 Å². The van der Waals surface area contributed by atoms with Crippen molar-refractivity contribution in [3.8, 4) is 5.75 Å². The molecular weight excluding hydrogens is 252 g/mol. The second kappa shape index (κ2) is 5.99. The predicted octanol–water partition coefficient (Wildman–Crippen LogP) is 2.95. The third kappa shape index (κ3) is 2.95. The average Bonchev–Trinajstić information content (AvgIpc) is 2.76. The summed E-state index contributed by atoms with van der Waals surface area (Å²) in [6.45, 7) is 1.88. The van der Waals surface area contributed by atoms with Crippen LogP contribution in [0.2, 0.25) is 0 Å². The highest BCUT2D eigenvalue weighted by atomic mass is 16.5. The summed E-state index contributed by atoms with van der Waals surface area (Å²) >= 11 is 0. The zero-order chi connectivity index (χ0) is 13.8. The summed E-state index contributed by atoms with van der Waals surface area (Å²) in [7, 11) is 0. The second-order valence-corrected chi connectivity index (χ2v) is 5.31. The second-order valence-electron chi connectivity index (χ2n) is 5.31. The van der Waals surface area contributed by atoms with Crippen molar-refractivity contribution in [2.45, 2.75) is 25.7 Å². The van der Waals surface area contributed by atoms with Gasteiger partial charge in [0.2, 0.25) is 0 Å². The smallest absolute Gasteiger partial charge is 0.260 e. The number of aromatic amines is 1. The molecule has 2 heterocycles. The Kier molecular flexibility index (Phi) is 3.90. The van der Waals surface area contributed by atoms with Gasteiger partial charge in [0, 0.05) is 30.2 Å². The van der Waals surface area contributed by atoms with Gasteiger partial charge < -0.3 is 14.6 Å². The maximum atomic E-state index is 12.1. The van der Waals surface area contributed by atoms with E-state index in [2.05, 4.69) is 4.98 Å². The van der Waals surface area contributed by atoms with E-state index >= 15 is 0 Å². The van der Waals surface area contributed by atoms with E-state index in [4.69, 9.17) is 4.74 Å². The van der Waals surface area contributed by atoms with Gasteiger partial charge in [-0.1, -0.05) is 12.8 Å². The van der Waals surface area contributed by atoms with Crippen molar-refractivity contribution in [1.82, 2.24) is 9.88 Å². The third-order valence-electron chi connectivity index (χ3n) is 3.85. The topological polar surface area (TPSA) is 45.3 Å². The number of ether oxygens (including phenoxy) is 1. The Hall–Kier alpha value is -1.97. The van der Waals surface area contributed by atoms with Crippen molar-refractivity contribution >= 4 is 16.8 Å². The number of nitrogens with zero attached hydrogens (tertiary/aromatic N) is 1. The van der Waals surface area contributed by atoms with Gasteiger partial charge in [-0.15, -0.1) is 0 Å². The molecule has 1 aromatic carbocycles. The minimum atomic E-state index is 0.0982. The normalized spacial score (nSPS) is 16.1. The Labute approximate surface area is 118 Å². The number of carbonyl (C=O) groups is 1. The van der Waals surface area contributed by atoms with E-state index in [1.165, 1.54) is 12.8 Å².